The van der Waals surface area contributed by atoms with E-state index < -0.39 is 4.92 Å². The minimum Gasteiger partial charge on any atom is -0.377 e. The largest absolute Gasteiger partial charge is 0.377 e. The first-order valence-electron chi connectivity index (χ1n) is 7.30. The molecular weight excluding hydrogens is 274 g/mol. The van der Waals surface area contributed by atoms with Gasteiger partial charge in [0.2, 0.25) is 0 Å². The Bertz CT molecular complexity index is 500. The van der Waals surface area contributed by atoms with Crippen LogP contribution in [0, 0.1) is 10.1 Å². The normalized spacial score (nSPS) is 19.6. The molecule has 0 spiro atoms. The summed E-state index contributed by atoms with van der Waals surface area (Å²) in [4.78, 5) is 27.0. The fraction of sp³-hybridized carbons (Fsp3) is 0.643. The van der Waals surface area contributed by atoms with E-state index in [-0.39, 0.29) is 24.1 Å². The number of ketones is 1. The third-order valence-corrected chi connectivity index (χ3v) is 3.57. The standard InChI is InChI=1S/C14H21N3O4/c1-2-6-21-12-4-3-5-16(9-12)10-14(18)13-7-11(8-15-13)17(19)20/h7-8,12,15H,2-6,9-10H2,1H3. The predicted octanol–water partition coefficient (Wildman–Crippen LogP) is 2.00. The van der Waals surface area contributed by atoms with Crippen LogP contribution in [0.15, 0.2) is 12.3 Å². The lowest BCUT2D eigenvalue weighted by atomic mass is 10.1. The van der Waals surface area contributed by atoms with Crippen LogP contribution in [-0.2, 0) is 4.74 Å². The molecule has 0 bridgehead atoms. The molecule has 7 nitrogen and oxygen atoms in total. The van der Waals surface area contributed by atoms with Crippen LogP contribution in [0.3, 0.4) is 0 Å². The van der Waals surface area contributed by atoms with Gasteiger partial charge in [-0.2, -0.15) is 0 Å². The van der Waals surface area contributed by atoms with Gasteiger partial charge in [-0.25, -0.2) is 0 Å². The molecule has 0 aromatic carbocycles. The van der Waals surface area contributed by atoms with Crippen LogP contribution >= 0.6 is 0 Å². The number of hydrogen-bond acceptors (Lipinski definition) is 5. The summed E-state index contributed by atoms with van der Waals surface area (Å²) in [6.07, 6.45) is 4.45. The van der Waals surface area contributed by atoms with E-state index in [1.807, 2.05) is 0 Å². The molecule has 1 atom stereocenters. The number of nitro groups is 1. The Hall–Kier alpha value is -1.73. The van der Waals surface area contributed by atoms with Gasteiger partial charge in [0, 0.05) is 19.2 Å². The number of piperidine rings is 1. The average Bonchev–Trinajstić information content (AvgIpc) is 2.95. The number of hydrogen-bond donors (Lipinski definition) is 1. The Kier molecular flexibility index (Phi) is 5.46. The van der Waals surface area contributed by atoms with Gasteiger partial charge in [-0.15, -0.1) is 0 Å². The molecular formula is C14H21N3O4. The van der Waals surface area contributed by atoms with E-state index in [0.29, 0.717) is 5.69 Å². The van der Waals surface area contributed by atoms with Gasteiger partial charge in [-0.1, -0.05) is 6.92 Å². The first kappa shape index (κ1) is 15.7. The van der Waals surface area contributed by atoms with Gasteiger partial charge in [0.05, 0.1) is 29.5 Å². The van der Waals surface area contributed by atoms with Crippen molar-refractivity contribution in [3.05, 3.63) is 28.1 Å². The van der Waals surface area contributed by atoms with E-state index in [1.54, 1.807) is 0 Å². The second-order valence-corrected chi connectivity index (χ2v) is 5.32. The van der Waals surface area contributed by atoms with Gasteiger partial charge in [-0.05, 0) is 25.8 Å². The molecule has 1 saturated heterocycles. The van der Waals surface area contributed by atoms with Crippen molar-refractivity contribution in [3.8, 4) is 0 Å². The van der Waals surface area contributed by atoms with Crippen molar-refractivity contribution in [2.45, 2.75) is 32.3 Å². The number of carbonyl (C=O) groups is 1. The fourth-order valence-corrected chi connectivity index (χ4v) is 2.51. The van der Waals surface area contributed by atoms with E-state index in [4.69, 9.17) is 4.74 Å². The number of aromatic amines is 1. The maximum atomic E-state index is 12.1. The topological polar surface area (TPSA) is 88.5 Å². The van der Waals surface area contributed by atoms with Crippen LogP contribution in [0.5, 0.6) is 0 Å². The number of carbonyl (C=O) groups excluding carboxylic acids is 1. The second-order valence-electron chi connectivity index (χ2n) is 5.32. The van der Waals surface area contributed by atoms with E-state index in [9.17, 15) is 14.9 Å². The zero-order valence-corrected chi connectivity index (χ0v) is 12.2. The molecule has 1 aromatic heterocycles. The van der Waals surface area contributed by atoms with E-state index in [2.05, 4.69) is 16.8 Å². The summed E-state index contributed by atoms with van der Waals surface area (Å²) in [6, 6.07) is 1.29. The SMILES string of the molecule is CCCOC1CCCN(CC(=O)c2cc([N+](=O)[O-])c[nH]2)C1. The predicted molar refractivity (Wildman–Crippen MR) is 77.5 cm³/mol. The molecule has 1 N–H and O–H groups in total. The van der Waals surface area contributed by atoms with Crippen molar-refractivity contribution in [2.75, 3.05) is 26.2 Å². The minimum atomic E-state index is -0.511. The zero-order chi connectivity index (χ0) is 15.2. The van der Waals surface area contributed by atoms with Gasteiger partial charge in [0.15, 0.2) is 5.78 Å². The van der Waals surface area contributed by atoms with Crippen LogP contribution in [0.4, 0.5) is 5.69 Å². The molecule has 1 unspecified atom stereocenters. The van der Waals surface area contributed by atoms with Crippen LogP contribution in [-0.4, -0.2) is 52.9 Å². The van der Waals surface area contributed by atoms with Crippen molar-refractivity contribution in [2.24, 2.45) is 0 Å². The van der Waals surface area contributed by atoms with Crippen LogP contribution in [0.2, 0.25) is 0 Å². The lowest BCUT2D eigenvalue weighted by Crippen LogP contribution is -2.42. The van der Waals surface area contributed by atoms with Crippen LogP contribution in [0.25, 0.3) is 0 Å². The molecule has 0 saturated carbocycles. The summed E-state index contributed by atoms with van der Waals surface area (Å²) in [7, 11) is 0. The maximum absolute atomic E-state index is 12.1. The van der Waals surface area contributed by atoms with Crippen molar-refractivity contribution >= 4 is 11.5 Å². The summed E-state index contributed by atoms with van der Waals surface area (Å²) < 4.78 is 5.74. The summed E-state index contributed by atoms with van der Waals surface area (Å²) in [5, 5.41) is 10.6. The smallest absolute Gasteiger partial charge is 0.287 e. The van der Waals surface area contributed by atoms with Crippen LogP contribution in [0.1, 0.15) is 36.7 Å². The molecule has 0 amide bonds. The zero-order valence-electron chi connectivity index (χ0n) is 12.2. The summed E-state index contributed by atoms with van der Waals surface area (Å²) >= 11 is 0. The highest BCUT2D eigenvalue weighted by Crippen LogP contribution is 2.16. The molecule has 21 heavy (non-hydrogen) atoms. The number of ether oxygens (including phenoxy) is 1. The summed E-state index contributed by atoms with van der Waals surface area (Å²) in [6.45, 7) is 4.69. The summed E-state index contributed by atoms with van der Waals surface area (Å²) in [5.74, 6) is -0.126. The molecule has 1 aliphatic heterocycles. The Morgan fingerprint density at radius 3 is 3.10 bits per heavy atom. The Morgan fingerprint density at radius 1 is 1.62 bits per heavy atom. The number of aromatic nitrogens is 1. The molecule has 2 rings (SSSR count). The number of likely N-dealkylation sites (tertiary alicyclic amines) is 1. The number of rotatable bonds is 7. The maximum Gasteiger partial charge on any atom is 0.287 e. The van der Waals surface area contributed by atoms with E-state index in [1.165, 1.54) is 12.3 Å². The molecule has 116 valence electrons. The minimum absolute atomic E-state index is 0.0823. The quantitative estimate of drug-likeness (QED) is 0.472. The van der Waals surface area contributed by atoms with Gasteiger partial charge >= 0.3 is 0 Å². The first-order valence-corrected chi connectivity index (χ1v) is 7.30. The van der Waals surface area contributed by atoms with E-state index >= 15 is 0 Å². The van der Waals surface area contributed by atoms with Gasteiger partial charge in [-0.3, -0.25) is 19.8 Å². The lowest BCUT2D eigenvalue weighted by molar-refractivity contribution is -0.384. The number of H-pyrrole nitrogens is 1. The number of nitrogens with one attached hydrogen (secondary N) is 1. The van der Waals surface area contributed by atoms with Crippen LogP contribution < -0.4 is 0 Å². The van der Waals surface area contributed by atoms with Crippen molar-refractivity contribution < 1.29 is 14.5 Å². The Balaban J connectivity index is 1.87. The molecule has 2 heterocycles. The van der Waals surface area contributed by atoms with Gasteiger partial charge in [0.25, 0.3) is 5.69 Å². The van der Waals surface area contributed by atoms with E-state index in [0.717, 1.165) is 39.0 Å². The van der Waals surface area contributed by atoms with Gasteiger partial charge in [0.1, 0.15) is 0 Å². The molecule has 0 radical (unpaired) electrons. The lowest BCUT2D eigenvalue weighted by Gasteiger charge is -2.31. The fourth-order valence-electron chi connectivity index (χ4n) is 2.51. The molecule has 1 aliphatic rings. The second kappa shape index (κ2) is 7.33. The van der Waals surface area contributed by atoms with Crippen molar-refractivity contribution in [3.63, 3.8) is 0 Å². The molecule has 1 aromatic rings. The highest BCUT2D eigenvalue weighted by Gasteiger charge is 2.23. The third-order valence-electron chi connectivity index (χ3n) is 3.57. The first-order chi connectivity index (χ1) is 10.1. The molecule has 1 fully saturated rings. The average molecular weight is 295 g/mol. The van der Waals surface area contributed by atoms with Crippen molar-refractivity contribution in [1.29, 1.82) is 0 Å². The van der Waals surface area contributed by atoms with Gasteiger partial charge < -0.3 is 9.72 Å². The molecule has 0 aliphatic carbocycles. The number of Topliss-reactive ketones (excluding diaryl/α,β-unsaturated/α-hetero) is 1. The third kappa shape index (κ3) is 4.37. The summed E-state index contributed by atoms with van der Waals surface area (Å²) in [5.41, 5.74) is 0.208. The molecule has 7 heteroatoms. The number of nitrogens with zero attached hydrogens (tertiary/aromatic N) is 2. The Labute approximate surface area is 123 Å². The monoisotopic (exact) mass is 295 g/mol. The highest BCUT2D eigenvalue weighted by atomic mass is 16.6. The highest BCUT2D eigenvalue weighted by molar-refractivity contribution is 5.96. The van der Waals surface area contributed by atoms with Crippen molar-refractivity contribution in [1.82, 2.24) is 9.88 Å². The Morgan fingerprint density at radius 2 is 2.43 bits per heavy atom.